The van der Waals surface area contributed by atoms with Crippen LogP contribution in [0.25, 0.3) is 0 Å². The van der Waals surface area contributed by atoms with E-state index in [-0.39, 0.29) is 33.2 Å². The Balaban J connectivity index is 1.83. The second kappa shape index (κ2) is 21.6. The maximum Gasteiger partial charge on any atom is 0.233 e. The molecule has 1 heterocycles. The lowest BCUT2D eigenvalue weighted by Crippen LogP contribution is -2.24. The third-order valence-electron chi connectivity index (χ3n) is 11.3. The molecule has 0 amide bonds. The first-order chi connectivity index (χ1) is 27.0. The van der Waals surface area contributed by atoms with Gasteiger partial charge in [0.15, 0.2) is 0 Å². The largest absolute Gasteiger partial charge is 0.508 e. The molecular formula is C50H84N6O2. The lowest BCUT2D eigenvalue weighted by molar-refractivity contribution is 0.466. The standard InChI is InChI=1S/C50H84N6O2/c1-15-16-17-18-19-20-21-22-23-24-25-26-27-28-29-30-31-56(14)46-54-44(51-42-38(47(2,3)4)32-36(57)33-39(42)48(5,6)7)53-45(55-46)52-43-40(49(8,9)10)34-37(58)35-41(43)50(11,12)13/h32-35,57-58H,15-31H2,1-14H3,(H2,51,52,53,54,55). The van der Waals surface area contributed by atoms with Gasteiger partial charge in [-0.05, 0) is 74.6 Å². The first kappa shape index (κ1) is 48.8. The molecular weight excluding hydrogens is 717 g/mol. The third-order valence-corrected chi connectivity index (χ3v) is 11.3. The first-order valence-corrected chi connectivity index (χ1v) is 22.8. The van der Waals surface area contributed by atoms with E-state index in [1.54, 1.807) is 0 Å². The average Bonchev–Trinajstić information content (AvgIpc) is 3.10. The van der Waals surface area contributed by atoms with Gasteiger partial charge in [-0.15, -0.1) is 0 Å². The summed E-state index contributed by atoms with van der Waals surface area (Å²) in [5, 5.41) is 29.0. The number of rotatable bonds is 22. The molecule has 8 nitrogen and oxygen atoms in total. The van der Waals surface area contributed by atoms with Crippen LogP contribution in [0, 0.1) is 0 Å². The van der Waals surface area contributed by atoms with E-state index in [9.17, 15) is 10.2 Å². The predicted molar refractivity (Wildman–Crippen MR) is 250 cm³/mol. The van der Waals surface area contributed by atoms with E-state index >= 15 is 0 Å². The fraction of sp³-hybridized carbons (Fsp3) is 0.700. The van der Waals surface area contributed by atoms with Crippen LogP contribution in [0.5, 0.6) is 11.5 Å². The minimum Gasteiger partial charge on any atom is -0.508 e. The number of nitrogens with one attached hydrogen (secondary N) is 2. The van der Waals surface area contributed by atoms with Crippen LogP contribution < -0.4 is 15.5 Å². The highest BCUT2D eigenvalue weighted by Gasteiger charge is 2.30. The zero-order valence-electron chi connectivity index (χ0n) is 39.5. The number of phenolic OH excluding ortho intramolecular Hbond substituents is 2. The molecule has 3 aromatic rings. The summed E-state index contributed by atoms with van der Waals surface area (Å²) in [6, 6.07) is 7.40. The molecule has 0 fully saturated rings. The topological polar surface area (TPSA) is 106 Å². The fourth-order valence-electron chi connectivity index (χ4n) is 7.76. The molecule has 0 aliphatic heterocycles. The van der Waals surface area contributed by atoms with Gasteiger partial charge in [-0.25, -0.2) is 0 Å². The zero-order chi connectivity index (χ0) is 43.3. The quantitative estimate of drug-likeness (QED) is 0.0588. The van der Waals surface area contributed by atoms with Gasteiger partial charge in [-0.3, -0.25) is 0 Å². The summed E-state index contributed by atoms with van der Waals surface area (Å²) in [5.74, 6) is 1.94. The van der Waals surface area contributed by atoms with Crippen molar-refractivity contribution in [1.82, 2.24) is 15.0 Å². The predicted octanol–water partition coefficient (Wildman–Crippen LogP) is 14.7. The van der Waals surface area contributed by atoms with Crippen molar-refractivity contribution in [2.75, 3.05) is 29.1 Å². The second-order valence-corrected chi connectivity index (χ2v) is 21.1. The fourth-order valence-corrected chi connectivity index (χ4v) is 7.76. The zero-order valence-corrected chi connectivity index (χ0v) is 39.5. The van der Waals surface area contributed by atoms with Crippen molar-refractivity contribution in [3.05, 3.63) is 46.5 Å². The van der Waals surface area contributed by atoms with Gasteiger partial charge in [-0.2, -0.15) is 15.0 Å². The molecule has 58 heavy (non-hydrogen) atoms. The van der Waals surface area contributed by atoms with E-state index in [0.29, 0.717) is 17.8 Å². The van der Waals surface area contributed by atoms with Gasteiger partial charge < -0.3 is 25.7 Å². The molecule has 3 rings (SSSR count). The van der Waals surface area contributed by atoms with E-state index in [0.717, 1.165) is 46.6 Å². The first-order valence-electron chi connectivity index (χ1n) is 22.8. The molecule has 0 bridgehead atoms. The number of unbranched alkanes of at least 4 members (excludes halogenated alkanes) is 15. The third kappa shape index (κ3) is 15.6. The van der Waals surface area contributed by atoms with Gasteiger partial charge in [0.2, 0.25) is 17.8 Å². The summed E-state index contributed by atoms with van der Waals surface area (Å²) < 4.78 is 0. The number of anilines is 5. The summed E-state index contributed by atoms with van der Waals surface area (Å²) in [5.41, 5.74) is 4.67. The van der Waals surface area contributed by atoms with Crippen LogP contribution in [0.2, 0.25) is 0 Å². The lowest BCUT2D eigenvalue weighted by atomic mass is 9.78. The Morgan fingerprint density at radius 3 is 1.00 bits per heavy atom. The van der Waals surface area contributed by atoms with Crippen LogP contribution in [0.15, 0.2) is 24.3 Å². The van der Waals surface area contributed by atoms with Crippen molar-refractivity contribution in [2.45, 2.75) is 214 Å². The minimum atomic E-state index is -0.267. The number of aromatic hydroxyl groups is 2. The van der Waals surface area contributed by atoms with Crippen LogP contribution in [0.1, 0.15) is 215 Å². The van der Waals surface area contributed by atoms with Crippen molar-refractivity contribution in [3.8, 4) is 11.5 Å². The molecule has 0 saturated carbocycles. The molecule has 326 valence electrons. The van der Waals surface area contributed by atoms with Crippen LogP contribution in [-0.4, -0.2) is 38.8 Å². The average molecular weight is 801 g/mol. The van der Waals surface area contributed by atoms with Crippen molar-refractivity contribution < 1.29 is 10.2 Å². The van der Waals surface area contributed by atoms with E-state index in [1.165, 1.54) is 96.3 Å². The normalized spacial score (nSPS) is 12.6. The number of hydrogen-bond acceptors (Lipinski definition) is 8. The molecule has 0 radical (unpaired) electrons. The van der Waals surface area contributed by atoms with Gasteiger partial charge in [-0.1, -0.05) is 186 Å². The van der Waals surface area contributed by atoms with E-state index < -0.39 is 0 Å². The molecule has 2 aromatic carbocycles. The molecule has 0 unspecified atom stereocenters. The maximum atomic E-state index is 10.9. The number of aromatic nitrogens is 3. The summed E-state index contributed by atoms with van der Waals surface area (Å²) in [7, 11) is 2.07. The molecule has 0 aliphatic rings. The monoisotopic (exact) mass is 801 g/mol. The number of benzene rings is 2. The van der Waals surface area contributed by atoms with E-state index in [4.69, 9.17) is 15.0 Å². The highest BCUT2D eigenvalue weighted by Crippen LogP contribution is 2.44. The lowest BCUT2D eigenvalue weighted by Gasteiger charge is -2.31. The van der Waals surface area contributed by atoms with Gasteiger partial charge >= 0.3 is 0 Å². The summed E-state index contributed by atoms with van der Waals surface area (Å²) in [6.07, 6.45) is 21.5. The molecule has 0 spiro atoms. The Morgan fingerprint density at radius 1 is 0.448 bits per heavy atom. The van der Waals surface area contributed by atoms with Crippen molar-refractivity contribution >= 4 is 29.2 Å². The van der Waals surface area contributed by atoms with Crippen molar-refractivity contribution in [3.63, 3.8) is 0 Å². The van der Waals surface area contributed by atoms with Crippen LogP contribution >= 0.6 is 0 Å². The molecule has 8 heteroatoms. The highest BCUT2D eigenvalue weighted by molar-refractivity contribution is 5.72. The Morgan fingerprint density at radius 2 is 0.724 bits per heavy atom. The summed E-state index contributed by atoms with van der Waals surface area (Å²) in [4.78, 5) is 17.2. The van der Waals surface area contributed by atoms with Gasteiger partial charge in [0.1, 0.15) is 11.5 Å². The van der Waals surface area contributed by atoms with Crippen LogP contribution in [0.3, 0.4) is 0 Å². The maximum absolute atomic E-state index is 10.9. The molecule has 1 aromatic heterocycles. The Labute approximate surface area is 354 Å². The Bertz CT molecular complexity index is 1540. The molecule has 0 aliphatic carbocycles. The molecule has 0 saturated heterocycles. The number of phenols is 2. The van der Waals surface area contributed by atoms with Gasteiger partial charge in [0, 0.05) is 25.0 Å². The molecule has 4 N–H and O–H groups in total. The smallest absolute Gasteiger partial charge is 0.233 e. The van der Waals surface area contributed by atoms with Crippen LogP contribution in [-0.2, 0) is 21.7 Å². The Kier molecular flexibility index (Phi) is 18.2. The summed E-state index contributed by atoms with van der Waals surface area (Å²) in [6.45, 7) is 29.0. The SMILES string of the molecule is CCCCCCCCCCCCCCCCCCN(C)c1nc(Nc2c(C(C)(C)C)cc(O)cc2C(C)(C)C)nc(Nc2c(C(C)(C)C)cc(O)cc2C(C)(C)C)n1. The number of nitrogens with zero attached hydrogens (tertiary/aromatic N) is 4. The van der Waals surface area contributed by atoms with E-state index in [1.807, 2.05) is 24.3 Å². The summed E-state index contributed by atoms with van der Waals surface area (Å²) >= 11 is 0. The van der Waals surface area contributed by atoms with Gasteiger partial charge in [0.25, 0.3) is 0 Å². The number of hydrogen-bond donors (Lipinski definition) is 4. The van der Waals surface area contributed by atoms with Gasteiger partial charge in [0.05, 0.1) is 0 Å². The second-order valence-electron chi connectivity index (χ2n) is 21.1. The van der Waals surface area contributed by atoms with Crippen LogP contribution in [0.4, 0.5) is 29.2 Å². The van der Waals surface area contributed by atoms with Crippen molar-refractivity contribution in [2.24, 2.45) is 0 Å². The van der Waals surface area contributed by atoms with E-state index in [2.05, 4.69) is 113 Å². The Hall–Kier alpha value is -3.55. The molecule has 0 atom stereocenters. The highest BCUT2D eigenvalue weighted by atomic mass is 16.3. The van der Waals surface area contributed by atoms with Crippen molar-refractivity contribution in [1.29, 1.82) is 0 Å². The minimum absolute atomic E-state index is 0.245.